The van der Waals surface area contributed by atoms with Crippen molar-refractivity contribution in [3.8, 4) is 0 Å². The van der Waals surface area contributed by atoms with Gasteiger partial charge in [-0.3, -0.25) is 0 Å². The Kier molecular flexibility index (Phi) is 1.30. The first-order chi connectivity index (χ1) is 5.07. The first-order valence-electron chi connectivity index (χ1n) is 3.88. The number of halogens is 2. The Morgan fingerprint density at radius 2 is 2.00 bits per heavy atom. The van der Waals surface area contributed by atoms with Gasteiger partial charge in [-0.1, -0.05) is 0 Å². The molecule has 2 aliphatic rings. The molecule has 1 aliphatic heterocycles. The van der Waals surface area contributed by atoms with Crippen LogP contribution in [-0.2, 0) is 0 Å². The summed E-state index contributed by atoms with van der Waals surface area (Å²) in [7, 11) is 0. The molecule has 11 heavy (non-hydrogen) atoms. The zero-order chi connectivity index (χ0) is 8.11. The molecule has 2 fully saturated rings. The summed E-state index contributed by atoms with van der Waals surface area (Å²) in [6.07, 6.45) is 0.844. The summed E-state index contributed by atoms with van der Waals surface area (Å²) in [5.74, 6) is -2.92. The molecule has 0 aromatic rings. The molecule has 1 spiro atoms. The van der Waals surface area contributed by atoms with Crippen LogP contribution in [0, 0.1) is 0 Å². The van der Waals surface area contributed by atoms with E-state index in [1.165, 1.54) is 0 Å². The van der Waals surface area contributed by atoms with Gasteiger partial charge in [-0.2, -0.15) is 0 Å². The van der Waals surface area contributed by atoms with Gasteiger partial charge in [0.15, 0.2) is 0 Å². The van der Waals surface area contributed by atoms with Crippen LogP contribution in [-0.4, -0.2) is 29.2 Å². The average Bonchev–Trinajstić information content (AvgIpc) is 2.05. The van der Waals surface area contributed by atoms with Gasteiger partial charge in [0.1, 0.15) is 6.10 Å². The lowest BCUT2D eigenvalue weighted by Crippen LogP contribution is -2.55. The summed E-state index contributed by atoms with van der Waals surface area (Å²) in [4.78, 5) is 0. The summed E-state index contributed by atoms with van der Waals surface area (Å²) in [5, 5.41) is 11.9. The molecule has 2 rings (SSSR count). The van der Waals surface area contributed by atoms with E-state index in [2.05, 4.69) is 5.32 Å². The lowest BCUT2D eigenvalue weighted by molar-refractivity contribution is -0.108. The van der Waals surface area contributed by atoms with Crippen LogP contribution in [0.4, 0.5) is 8.78 Å². The largest absolute Gasteiger partial charge is 0.385 e. The van der Waals surface area contributed by atoms with E-state index in [0.717, 1.165) is 6.42 Å². The van der Waals surface area contributed by atoms with Crippen molar-refractivity contribution in [2.24, 2.45) is 0 Å². The lowest BCUT2D eigenvalue weighted by atomic mass is 9.73. The minimum absolute atomic E-state index is 0.367. The quantitative estimate of drug-likeness (QED) is 0.545. The molecule has 1 saturated carbocycles. The Bertz CT molecular complexity index is 179. The van der Waals surface area contributed by atoms with E-state index in [1.54, 1.807) is 0 Å². The Balaban J connectivity index is 2.17. The van der Waals surface area contributed by atoms with Crippen molar-refractivity contribution in [2.45, 2.75) is 36.8 Å². The van der Waals surface area contributed by atoms with Gasteiger partial charge >= 0.3 is 0 Å². The van der Waals surface area contributed by atoms with Crippen molar-refractivity contribution in [3.05, 3.63) is 0 Å². The van der Waals surface area contributed by atoms with Crippen molar-refractivity contribution < 1.29 is 13.9 Å². The Morgan fingerprint density at radius 1 is 1.36 bits per heavy atom. The van der Waals surface area contributed by atoms with Crippen LogP contribution < -0.4 is 5.32 Å². The molecule has 0 bridgehead atoms. The molecule has 0 aromatic heterocycles. The van der Waals surface area contributed by atoms with Crippen molar-refractivity contribution >= 4 is 0 Å². The molecule has 1 saturated heterocycles. The van der Waals surface area contributed by atoms with E-state index < -0.39 is 17.6 Å². The minimum atomic E-state index is -2.92. The fraction of sp³-hybridized carbons (Fsp3) is 1.00. The normalized spacial score (nSPS) is 39.0. The van der Waals surface area contributed by atoms with Crippen LogP contribution in [0.3, 0.4) is 0 Å². The fourth-order valence-electron chi connectivity index (χ4n) is 1.90. The first-order valence-corrected chi connectivity index (χ1v) is 3.88. The maximum Gasteiger partial charge on any atom is 0.287 e. The average molecular weight is 163 g/mol. The summed E-state index contributed by atoms with van der Waals surface area (Å²) in [5.41, 5.74) is -0.635. The maximum absolute atomic E-state index is 12.7. The number of rotatable bonds is 0. The molecule has 64 valence electrons. The molecular weight excluding hydrogens is 152 g/mol. The standard InChI is InChI=1S/C7H11F2NO/c8-7(9)4-10-6(5(7)11)2-1-3-6/h5,10-11H,1-4H2. The van der Waals surface area contributed by atoms with Crippen LogP contribution in [0.5, 0.6) is 0 Å². The number of hydrogen-bond donors (Lipinski definition) is 2. The minimum Gasteiger partial charge on any atom is -0.385 e. The monoisotopic (exact) mass is 163 g/mol. The highest BCUT2D eigenvalue weighted by Crippen LogP contribution is 2.44. The summed E-state index contributed by atoms with van der Waals surface area (Å²) in [6, 6.07) is 0. The van der Waals surface area contributed by atoms with Crippen LogP contribution >= 0.6 is 0 Å². The van der Waals surface area contributed by atoms with Gasteiger partial charge in [0, 0.05) is 0 Å². The van der Waals surface area contributed by atoms with Crippen molar-refractivity contribution in [3.63, 3.8) is 0 Å². The van der Waals surface area contributed by atoms with Crippen molar-refractivity contribution in [1.29, 1.82) is 0 Å². The van der Waals surface area contributed by atoms with Gasteiger partial charge in [0.05, 0.1) is 12.1 Å². The molecule has 4 heteroatoms. The molecule has 2 nitrogen and oxygen atoms in total. The Labute approximate surface area is 63.6 Å². The van der Waals surface area contributed by atoms with E-state index in [9.17, 15) is 13.9 Å². The van der Waals surface area contributed by atoms with E-state index in [-0.39, 0.29) is 6.54 Å². The molecular formula is C7H11F2NO. The number of aliphatic hydroxyl groups is 1. The van der Waals surface area contributed by atoms with Gasteiger partial charge in [-0.15, -0.1) is 0 Å². The number of alkyl halides is 2. The van der Waals surface area contributed by atoms with Crippen LogP contribution in [0.25, 0.3) is 0 Å². The predicted octanol–water partition coefficient (Wildman–Crippen LogP) is 0.508. The first kappa shape index (κ1) is 7.43. The third kappa shape index (κ3) is 0.825. The molecule has 1 heterocycles. The lowest BCUT2D eigenvalue weighted by Gasteiger charge is -2.41. The Morgan fingerprint density at radius 3 is 2.18 bits per heavy atom. The third-order valence-corrected chi connectivity index (χ3v) is 2.85. The molecule has 2 N–H and O–H groups in total. The van der Waals surface area contributed by atoms with Gasteiger partial charge in [-0.25, -0.2) is 8.78 Å². The highest BCUT2D eigenvalue weighted by Gasteiger charge is 2.60. The second-order valence-corrected chi connectivity index (χ2v) is 3.53. The molecule has 1 unspecified atom stereocenters. The van der Waals surface area contributed by atoms with Gasteiger partial charge in [0.2, 0.25) is 0 Å². The topological polar surface area (TPSA) is 32.3 Å². The van der Waals surface area contributed by atoms with E-state index in [0.29, 0.717) is 12.8 Å². The molecule has 1 aliphatic carbocycles. The Hall–Kier alpha value is -0.220. The maximum atomic E-state index is 12.7. The van der Waals surface area contributed by atoms with Crippen molar-refractivity contribution in [1.82, 2.24) is 5.32 Å². The number of hydrogen-bond acceptors (Lipinski definition) is 2. The molecule has 0 radical (unpaired) electrons. The molecule has 0 aromatic carbocycles. The molecule has 0 amide bonds. The third-order valence-electron chi connectivity index (χ3n) is 2.85. The van der Waals surface area contributed by atoms with Crippen LogP contribution in [0.1, 0.15) is 19.3 Å². The highest BCUT2D eigenvalue weighted by atomic mass is 19.3. The van der Waals surface area contributed by atoms with Gasteiger partial charge < -0.3 is 10.4 Å². The van der Waals surface area contributed by atoms with Gasteiger partial charge in [0.25, 0.3) is 5.92 Å². The van der Waals surface area contributed by atoms with Crippen molar-refractivity contribution in [2.75, 3.05) is 6.54 Å². The summed E-state index contributed by atoms with van der Waals surface area (Å²) in [6.45, 7) is -0.367. The second-order valence-electron chi connectivity index (χ2n) is 3.53. The van der Waals surface area contributed by atoms with E-state index in [4.69, 9.17) is 0 Å². The predicted molar refractivity (Wildman–Crippen MR) is 35.5 cm³/mol. The second kappa shape index (κ2) is 1.93. The highest BCUT2D eigenvalue weighted by molar-refractivity contribution is 5.12. The van der Waals surface area contributed by atoms with Gasteiger partial charge in [-0.05, 0) is 19.3 Å². The van der Waals surface area contributed by atoms with E-state index in [1.807, 2.05) is 0 Å². The van der Waals surface area contributed by atoms with Crippen LogP contribution in [0.2, 0.25) is 0 Å². The molecule has 1 atom stereocenters. The zero-order valence-corrected chi connectivity index (χ0v) is 6.11. The smallest absolute Gasteiger partial charge is 0.287 e. The number of nitrogens with one attached hydrogen (secondary N) is 1. The SMILES string of the molecule is OC1C(F)(F)CNC12CCC2. The van der Waals surface area contributed by atoms with E-state index >= 15 is 0 Å². The van der Waals surface area contributed by atoms with Crippen LogP contribution in [0.15, 0.2) is 0 Å². The summed E-state index contributed by atoms with van der Waals surface area (Å²) < 4.78 is 25.5. The zero-order valence-electron chi connectivity index (χ0n) is 6.11. The summed E-state index contributed by atoms with van der Waals surface area (Å²) >= 11 is 0. The fourth-order valence-corrected chi connectivity index (χ4v) is 1.90. The number of aliphatic hydroxyl groups excluding tert-OH is 1.